The minimum absolute atomic E-state index is 0. The minimum Gasteiger partial charge on any atom is -0.358 e. The average Bonchev–Trinajstić information content (AvgIpc) is 3.41. The zero-order valence-corrected chi connectivity index (χ0v) is 31.8. The number of hydrogen-bond acceptors (Lipinski definition) is 0. The van der Waals surface area contributed by atoms with E-state index in [2.05, 4.69) is 87.6 Å². The normalized spacial score (nSPS) is 36.2. The molecule has 0 N–H and O–H groups in total. The van der Waals surface area contributed by atoms with E-state index in [0.29, 0.717) is 0 Å². The summed E-state index contributed by atoms with van der Waals surface area (Å²) < 4.78 is 0. The summed E-state index contributed by atoms with van der Waals surface area (Å²) in [6, 6.07) is 23.2. The Hall–Kier alpha value is -0.473. The van der Waals surface area contributed by atoms with E-state index >= 15 is 0 Å². The topological polar surface area (TPSA) is 0 Å². The first-order valence-corrected chi connectivity index (χ1v) is 18.2. The van der Waals surface area contributed by atoms with Gasteiger partial charge in [0, 0.05) is 0 Å². The molecule has 0 spiro atoms. The van der Waals surface area contributed by atoms with Gasteiger partial charge < -0.3 is 29.7 Å². The van der Waals surface area contributed by atoms with E-state index in [1.807, 2.05) is 0 Å². The number of fused-ring (bicyclic) bond motifs is 2. The number of rotatable bonds is 4. The van der Waals surface area contributed by atoms with Crippen molar-refractivity contribution in [3.05, 3.63) is 101 Å². The summed E-state index contributed by atoms with van der Waals surface area (Å²) in [5.41, 5.74) is 5.34. The van der Waals surface area contributed by atoms with Gasteiger partial charge in [0.2, 0.25) is 0 Å². The van der Waals surface area contributed by atoms with Crippen molar-refractivity contribution in [2.45, 2.75) is 101 Å². The van der Waals surface area contributed by atoms with Crippen molar-refractivity contribution < 1.29 is 25.8 Å². The molecule has 2 aromatic rings. The minimum atomic E-state index is -1.44. The van der Waals surface area contributed by atoms with E-state index in [1.165, 1.54) is 51.4 Å². The van der Waals surface area contributed by atoms with Crippen molar-refractivity contribution in [2.24, 2.45) is 35.5 Å². The van der Waals surface area contributed by atoms with Crippen LogP contribution in [0.2, 0.25) is 24.2 Å². The second-order valence-corrected chi connectivity index (χ2v) is 18.8. The van der Waals surface area contributed by atoms with Gasteiger partial charge in [-0.3, -0.25) is 0 Å². The van der Waals surface area contributed by atoms with Crippen LogP contribution in [0.25, 0.3) is 0 Å². The summed E-state index contributed by atoms with van der Waals surface area (Å²) >= 11 is 0. The molecule has 4 saturated carbocycles. The van der Waals surface area contributed by atoms with Crippen LogP contribution in [-0.4, -0.2) is 8.07 Å². The average molecular weight is 723 g/mol. The fourth-order valence-corrected chi connectivity index (χ4v) is 17.9. The molecule has 40 heavy (non-hydrogen) atoms. The third-order valence-corrected chi connectivity index (χ3v) is 17.3. The maximum absolute atomic E-state index is 2.87. The Labute approximate surface area is 270 Å². The Kier molecular flexibility index (Phi) is 14.4. The first-order valence-electron chi connectivity index (χ1n) is 15.1. The van der Waals surface area contributed by atoms with Gasteiger partial charge in [0.1, 0.15) is 0 Å². The molecule has 0 aromatic heterocycles. The van der Waals surface area contributed by atoms with Crippen molar-refractivity contribution in [3.8, 4) is 0 Å². The molecule has 4 aliphatic rings. The second-order valence-electron chi connectivity index (χ2n) is 13.9. The molecule has 2 aromatic carbocycles. The standard InChI is InChI=1S/C34H48Si.4CH3.Hf/c1-23-21-31-27(25-13-7-5-8-14-25)17-11-19-29(31)33(23)35(3,4)34-24(2)22-32-28(18-12-20-30(32)34)26-15-9-6-10-16-26;;;;;/h5-10,13-16,23-24,27-34H,11-12,17-22H2,1-4H3;4*1H3;/q;4*-1;+4. The summed E-state index contributed by atoms with van der Waals surface area (Å²) in [6.45, 7) is 11.1. The van der Waals surface area contributed by atoms with Crippen LogP contribution in [0.5, 0.6) is 0 Å². The van der Waals surface area contributed by atoms with Crippen LogP contribution in [0.4, 0.5) is 0 Å². The molecule has 0 nitrogen and oxygen atoms in total. The molecule has 0 radical (unpaired) electrons. The first-order chi connectivity index (χ1) is 17.0. The van der Waals surface area contributed by atoms with E-state index in [9.17, 15) is 0 Å². The van der Waals surface area contributed by atoms with Gasteiger partial charge in [0.15, 0.2) is 0 Å². The molecule has 10 unspecified atom stereocenters. The Balaban J connectivity index is 0.00000160. The third-order valence-electron chi connectivity index (χ3n) is 11.8. The first kappa shape index (κ1) is 37.6. The van der Waals surface area contributed by atoms with Crippen molar-refractivity contribution in [1.82, 2.24) is 0 Å². The van der Waals surface area contributed by atoms with E-state index < -0.39 is 8.07 Å². The van der Waals surface area contributed by atoms with Crippen molar-refractivity contribution >= 4 is 8.07 Å². The molecule has 2 heteroatoms. The van der Waals surface area contributed by atoms with E-state index in [0.717, 1.165) is 58.4 Å². The Morgan fingerprint density at radius 3 is 1.23 bits per heavy atom. The molecular weight excluding hydrogens is 663 g/mol. The monoisotopic (exact) mass is 724 g/mol. The van der Waals surface area contributed by atoms with Gasteiger partial charge in [0.25, 0.3) is 0 Å². The largest absolute Gasteiger partial charge is 4.00 e. The van der Waals surface area contributed by atoms with Crippen molar-refractivity contribution in [1.29, 1.82) is 0 Å². The molecule has 6 rings (SSSR count). The maximum atomic E-state index is 2.87. The fourth-order valence-electron chi connectivity index (χ4n) is 11.2. The molecule has 10 atom stereocenters. The number of benzene rings is 2. The van der Waals surface area contributed by atoms with E-state index in [-0.39, 0.29) is 55.5 Å². The van der Waals surface area contributed by atoms with Crippen LogP contribution in [0.3, 0.4) is 0 Å². The summed E-state index contributed by atoms with van der Waals surface area (Å²) in [6.07, 6.45) is 11.8. The van der Waals surface area contributed by atoms with E-state index in [4.69, 9.17) is 0 Å². The summed E-state index contributed by atoms with van der Waals surface area (Å²) in [5.74, 6) is 7.35. The molecule has 4 fully saturated rings. The molecule has 0 aliphatic heterocycles. The number of hydrogen-bond donors (Lipinski definition) is 0. The third kappa shape index (κ3) is 6.54. The molecule has 0 bridgehead atoms. The SMILES string of the molecule is CC1CC2C(c3ccccc3)CCCC2C1[Si](C)(C)C1C(C)CC2C(c3ccccc3)CCCC21.[CH3-].[CH3-].[CH3-].[CH3-].[Hf+4]. The maximum Gasteiger partial charge on any atom is 4.00 e. The molecule has 0 amide bonds. The molecule has 0 saturated heterocycles. The summed E-state index contributed by atoms with van der Waals surface area (Å²) in [7, 11) is -1.44. The van der Waals surface area contributed by atoms with Crippen LogP contribution in [0, 0.1) is 65.2 Å². The van der Waals surface area contributed by atoms with Crippen molar-refractivity contribution in [3.63, 3.8) is 0 Å². The van der Waals surface area contributed by atoms with Gasteiger partial charge >= 0.3 is 25.8 Å². The van der Waals surface area contributed by atoms with Gasteiger partial charge in [-0.25, -0.2) is 0 Å². The van der Waals surface area contributed by atoms with Crippen molar-refractivity contribution in [2.75, 3.05) is 0 Å². The molecular formula is C38H60HfSi. The van der Waals surface area contributed by atoms with Gasteiger partial charge in [-0.2, -0.15) is 0 Å². The Morgan fingerprint density at radius 2 is 0.875 bits per heavy atom. The predicted octanol–water partition coefficient (Wildman–Crippen LogP) is 11.7. The predicted molar refractivity (Wildman–Crippen MR) is 178 cm³/mol. The molecule has 4 aliphatic carbocycles. The van der Waals surface area contributed by atoms with E-state index in [1.54, 1.807) is 11.1 Å². The zero-order valence-electron chi connectivity index (χ0n) is 27.2. The Bertz CT molecular complexity index is 908. The second kappa shape index (κ2) is 15.3. The van der Waals surface area contributed by atoms with Crippen LogP contribution < -0.4 is 0 Å². The van der Waals surface area contributed by atoms with Crippen LogP contribution in [0.1, 0.15) is 88.2 Å². The van der Waals surface area contributed by atoms with Gasteiger partial charge in [0.05, 0.1) is 8.07 Å². The van der Waals surface area contributed by atoms with Crippen LogP contribution >= 0.6 is 0 Å². The van der Waals surface area contributed by atoms with Crippen LogP contribution in [-0.2, 0) is 25.8 Å². The summed E-state index contributed by atoms with van der Waals surface area (Å²) in [4.78, 5) is 0. The zero-order chi connectivity index (χ0) is 24.2. The molecule has 220 valence electrons. The fraction of sp³-hybridized carbons (Fsp3) is 0.579. The van der Waals surface area contributed by atoms with Gasteiger partial charge in [-0.1, -0.05) is 113 Å². The van der Waals surface area contributed by atoms with Gasteiger partial charge in [-0.15, -0.1) is 0 Å². The molecule has 0 heterocycles. The quantitative estimate of drug-likeness (QED) is 0.218. The summed E-state index contributed by atoms with van der Waals surface area (Å²) in [5, 5.41) is 0. The smallest absolute Gasteiger partial charge is 0.358 e. The van der Waals surface area contributed by atoms with Crippen LogP contribution in [0.15, 0.2) is 60.7 Å². The Morgan fingerprint density at radius 1 is 0.525 bits per heavy atom. The van der Waals surface area contributed by atoms with Gasteiger partial charge in [-0.05, 0) is 95.2 Å².